The van der Waals surface area contributed by atoms with Crippen LogP contribution in [0.15, 0.2) is 56.6 Å². The number of non-ortho nitro benzene ring substituents is 1. The molecule has 2 aromatic carbocycles. The van der Waals surface area contributed by atoms with Crippen LogP contribution in [0, 0.1) is 17.0 Å². The van der Waals surface area contributed by atoms with Crippen molar-refractivity contribution in [2.75, 3.05) is 11.1 Å². The lowest BCUT2D eigenvalue weighted by Crippen LogP contribution is -2.14. The van der Waals surface area contributed by atoms with Gasteiger partial charge < -0.3 is 9.73 Å². The summed E-state index contributed by atoms with van der Waals surface area (Å²) in [5.74, 6) is 0.142. The Bertz CT molecular complexity index is 1010. The Morgan fingerprint density at radius 3 is 2.81 bits per heavy atom. The third-order valence-corrected chi connectivity index (χ3v) is 4.91. The quantitative estimate of drug-likeness (QED) is 0.336. The van der Waals surface area contributed by atoms with Crippen molar-refractivity contribution in [3.63, 3.8) is 0 Å². The van der Waals surface area contributed by atoms with Crippen LogP contribution in [0.5, 0.6) is 0 Å². The number of halogens is 1. The molecule has 1 amide bonds. The van der Waals surface area contributed by atoms with Gasteiger partial charge >= 0.3 is 0 Å². The maximum Gasteiger partial charge on any atom is 0.277 e. The van der Waals surface area contributed by atoms with Crippen molar-refractivity contribution in [1.82, 2.24) is 10.2 Å². The van der Waals surface area contributed by atoms with Gasteiger partial charge in [0.2, 0.25) is 11.8 Å². The van der Waals surface area contributed by atoms with Gasteiger partial charge in [0.25, 0.3) is 10.9 Å². The molecule has 0 atom stereocenters. The zero-order chi connectivity index (χ0) is 19.4. The number of aryl methyl sites for hydroxylation is 1. The number of benzene rings is 2. The van der Waals surface area contributed by atoms with Gasteiger partial charge in [0, 0.05) is 22.2 Å². The van der Waals surface area contributed by atoms with E-state index in [4.69, 9.17) is 4.42 Å². The fraction of sp³-hybridized carbons (Fsp3) is 0.118. The molecule has 0 saturated carbocycles. The van der Waals surface area contributed by atoms with Crippen LogP contribution in [-0.2, 0) is 4.79 Å². The van der Waals surface area contributed by atoms with Gasteiger partial charge in [0.1, 0.15) is 0 Å². The van der Waals surface area contributed by atoms with E-state index in [2.05, 4.69) is 31.4 Å². The van der Waals surface area contributed by atoms with E-state index in [-0.39, 0.29) is 22.6 Å². The lowest BCUT2D eigenvalue weighted by Gasteiger charge is -2.06. The van der Waals surface area contributed by atoms with Crippen molar-refractivity contribution in [2.24, 2.45) is 0 Å². The number of amides is 1. The summed E-state index contributed by atoms with van der Waals surface area (Å²) < 4.78 is 5.99. The highest BCUT2D eigenvalue weighted by molar-refractivity contribution is 9.10. The first-order valence-electron chi connectivity index (χ1n) is 7.69. The van der Waals surface area contributed by atoms with Crippen LogP contribution in [0.1, 0.15) is 5.56 Å². The molecule has 3 rings (SSSR count). The first-order valence-corrected chi connectivity index (χ1v) is 9.47. The van der Waals surface area contributed by atoms with Gasteiger partial charge in [0.05, 0.1) is 16.4 Å². The number of hydrogen-bond donors (Lipinski definition) is 1. The molecule has 8 nitrogen and oxygen atoms in total. The molecule has 1 heterocycles. The number of nitrogens with zero attached hydrogens (tertiary/aromatic N) is 3. The van der Waals surface area contributed by atoms with Crippen molar-refractivity contribution in [3.8, 4) is 11.5 Å². The second-order valence-corrected chi connectivity index (χ2v) is 7.28. The van der Waals surface area contributed by atoms with E-state index in [0.29, 0.717) is 16.1 Å². The molecule has 0 aliphatic heterocycles. The molecule has 0 aliphatic rings. The minimum Gasteiger partial charge on any atom is -0.411 e. The van der Waals surface area contributed by atoms with E-state index in [1.165, 1.54) is 18.2 Å². The number of nitro groups is 1. The molecule has 0 saturated heterocycles. The van der Waals surface area contributed by atoms with Crippen LogP contribution < -0.4 is 5.32 Å². The maximum atomic E-state index is 12.1. The first-order chi connectivity index (χ1) is 12.9. The Balaban J connectivity index is 1.59. The van der Waals surface area contributed by atoms with Gasteiger partial charge in [0.15, 0.2) is 0 Å². The Morgan fingerprint density at radius 2 is 2.11 bits per heavy atom. The molecule has 0 aliphatic carbocycles. The highest BCUT2D eigenvalue weighted by atomic mass is 79.9. The average molecular weight is 449 g/mol. The van der Waals surface area contributed by atoms with Crippen molar-refractivity contribution in [1.29, 1.82) is 0 Å². The van der Waals surface area contributed by atoms with Crippen LogP contribution >= 0.6 is 27.7 Å². The summed E-state index contributed by atoms with van der Waals surface area (Å²) in [5, 5.41) is 21.6. The van der Waals surface area contributed by atoms with Crippen LogP contribution in [-0.4, -0.2) is 26.8 Å². The van der Waals surface area contributed by atoms with Crippen LogP contribution in [0.3, 0.4) is 0 Å². The van der Waals surface area contributed by atoms with Crippen LogP contribution in [0.4, 0.5) is 11.4 Å². The predicted octanol–water partition coefficient (Wildman–Crippen LogP) is 4.45. The average Bonchev–Trinajstić information content (AvgIpc) is 3.10. The normalized spacial score (nSPS) is 10.6. The number of nitro benzene ring substituents is 1. The number of aromatic nitrogens is 2. The summed E-state index contributed by atoms with van der Waals surface area (Å²) in [6.45, 7) is 1.97. The fourth-order valence-electron chi connectivity index (χ4n) is 2.20. The smallest absolute Gasteiger partial charge is 0.277 e. The van der Waals surface area contributed by atoms with Gasteiger partial charge in [-0.05, 0) is 41.1 Å². The summed E-state index contributed by atoms with van der Waals surface area (Å²) in [7, 11) is 0. The number of nitrogens with one attached hydrogen (secondary N) is 1. The number of thioether (sulfide) groups is 1. The molecule has 10 heteroatoms. The summed E-state index contributed by atoms with van der Waals surface area (Å²) in [6, 6.07) is 11.8. The minimum atomic E-state index is -0.506. The van der Waals surface area contributed by atoms with Crippen LogP contribution in [0.2, 0.25) is 0 Å². The molecule has 0 spiro atoms. The molecule has 0 unspecified atom stereocenters. The van der Waals surface area contributed by atoms with E-state index in [1.54, 1.807) is 0 Å². The van der Waals surface area contributed by atoms with Gasteiger partial charge in [-0.25, -0.2) is 0 Å². The molecule has 3 aromatic rings. The summed E-state index contributed by atoms with van der Waals surface area (Å²) >= 11 is 4.31. The molecule has 0 bridgehead atoms. The van der Waals surface area contributed by atoms with E-state index in [0.717, 1.165) is 22.9 Å². The molecular formula is C17H13BrN4O4S. The number of anilines is 1. The van der Waals surface area contributed by atoms with Gasteiger partial charge in [-0.2, -0.15) is 0 Å². The first kappa shape index (κ1) is 19.1. The summed E-state index contributed by atoms with van der Waals surface area (Å²) in [6.07, 6.45) is 0. The van der Waals surface area contributed by atoms with Crippen molar-refractivity contribution < 1.29 is 14.1 Å². The molecular weight excluding hydrogens is 436 g/mol. The SMILES string of the molecule is Cc1cccc(-c2nnc(SCC(=O)Nc3ccc([N+](=O)[O-])cc3Br)o2)c1. The maximum absolute atomic E-state index is 12.1. The topological polar surface area (TPSA) is 111 Å². The Morgan fingerprint density at radius 1 is 1.30 bits per heavy atom. The Hall–Kier alpha value is -2.72. The fourth-order valence-corrected chi connectivity index (χ4v) is 3.22. The Kier molecular flexibility index (Phi) is 5.87. The number of carbonyl (C=O) groups excluding carboxylic acids is 1. The van der Waals surface area contributed by atoms with Gasteiger partial charge in [-0.3, -0.25) is 14.9 Å². The summed E-state index contributed by atoms with van der Waals surface area (Å²) in [5.41, 5.74) is 2.27. The highest BCUT2D eigenvalue weighted by Crippen LogP contribution is 2.28. The lowest BCUT2D eigenvalue weighted by atomic mass is 10.1. The highest BCUT2D eigenvalue weighted by Gasteiger charge is 2.14. The monoisotopic (exact) mass is 448 g/mol. The second-order valence-electron chi connectivity index (χ2n) is 5.50. The third kappa shape index (κ3) is 4.92. The Labute approximate surface area is 166 Å². The van der Waals surface area contributed by atoms with Crippen LogP contribution in [0.25, 0.3) is 11.5 Å². The summed E-state index contributed by atoms with van der Waals surface area (Å²) in [4.78, 5) is 22.3. The molecule has 1 aromatic heterocycles. The van der Waals surface area contributed by atoms with Crippen molar-refractivity contribution in [3.05, 3.63) is 62.6 Å². The largest absolute Gasteiger partial charge is 0.411 e. The minimum absolute atomic E-state index is 0.0544. The number of rotatable bonds is 6. The van der Waals surface area contributed by atoms with Crippen molar-refractivity contribution in [2.45, 2.75) is 12.1 Å². The van der Waals surface area contributed by atoms with Gasteiger partial charge in [-0.15, -0.1) is 10.2 Å². The number of hydrogen-bond acceptors (Lipinski definition) is 7. The molecule has 0 radical (unpaired) electrons. The third-order valence-electron chi connectivity index (χ3n) is 3.44. The molecule has 1 N–H and O–H groups in total. The van der Waals surface area contributed by atoms with E-state index in [1.807, 2.05) is 31.2 Å². The van der Waals surface area contributed by atoms with E-state index < -0.39 is 4.92 Å². The zero-order valence-corrected chi connectivity index (χ0v) is 16.4. The second kappa shape index (κ2) is 8.31. The standard InChI is InChI=1S/C17H13BrN4O4S/c1-10-3-2-4-11(7-10)16-20-21-17(26-16)27-9-15(23)19-14-6-5-12(22(24)25)8-13(14)18/h2-8H,9H2,1H3,(H,19,23). The lowest BCUT2D eigenvalue weighted by molar-refractivity contribution is -0.384. The molecule has 27 heavy (non-hydrogen) atoms. The van der Waals surface area contributed by atoms with E-state index >= 15 is 0 Å². The predicted molar refractivity (Wildman–Crippen MR) is 105 cm³/mol. The van der Waals surface area contributed by atoms with Crippen molar-refractivity contribution >= 4 is 45.0 Å². The molecule has 138 valence electrons. The van der Waals surface area contributed by atoms with E-state index in [9.17, 15) is 14.9 Å². The number of carbonyl (C=O) groups is 1. The zero-order valence-electron chi connectivity index (χ0n) is 14.0. The molecule has 0 fully saturated rings. The van der Waals surface area contributed by atoms with Gasteiger partial charge in [-0.1, -0.05) is 29.5 Å².